The molecule has 2 aliphatic rings. The van der Waals surface area contributed by atoms with Crippen LogP contribution in [0, 0.1) is 0 Å². The van der Waals surface area contributed by atoms with Crippen molar-refractivity contribution < 1.29 is 4.74 Å². The van der Waals surface area contributed by atoms with E-state index >= 15 is 0 Å². The van der Waals surface area contributed by atoms with Gasteiger partial charge in [-0.25, -0.2) is 19.9 Å². The fourth-order valence-electron chi connectivity index (χ4n) is 3.83. The predicted octanol–water partition coefficient (Wildman–Crippen LogP) is 1.69. The summed E-state index contributed by atoms with van der Waals surface area (Å²) in [5, 5.41) is 0. The zero-order valence-electron chi connectivity index (χ0n) is 19.2. The lowest BCUT2D eigenvalue weighted by molar-refractivity contribution is 0.308. The van der Waals surface area contributed by atoms with Crippen molar-refractivity contribution in [3.63, 3.8) is 0 Å². The van der Waals surface area contributed by atoms with Crippen molar-refractivity contribution in [2.45, 2.75) is 26.7 Å². The summed E-state index contributed by atoms with van der Waals surface area (Å²) in [6.45, 7) is 11.8. The Morgan fingerprint density at radius 1 is 0.677 bits per heavy atom. The fraction of sp³-hybridized carbons (Fsp3) is 0.636. The Balaban J connectivity index is 1.65. The third kappa shape index (κ3) is 5.04. The molecule has 0 radical (unpaired) electrons. The van der Waals surface area contributed by atoms with E-state index in [9.17, 15) is 0 Å². The Bertz CT molecular complexity index is 804. The Morgan fingerprint density at radius 2 is 1.06 bits per heavy atom. The topological polar surface area (TPSA) is 73.8 Å². The lowest BCUT2D eigenvalue weighted by atomic mass is 10.3. The quantitative estimate of drug-likeness (QED) is 0.686. The Kier molecular flexibility index (Phi) is 6.82. The normalized spacial score (nSPS) is 18.5. The summed E-state index contributed by atoms with van der Waals surface area (Å²) in [4.78, 5) is 28.2. The molecule has 2 aromatic rings. The first-order valence-electron chi connectivity index (χ1n) is 11.3. The van der Waals surface area contributed by atoms with Crippen molar-refractivity contribution in [3.05, 3.63) is 23.8 Å². The highest BCUT2D eigenvalue weighted by Crippen LogP contribution is 2.33. The van der Waals surface area contributed by atoms with Crippen LogP contribution in [0.5, 0.6) is 11.8 Å². The summed E-state index contributed by atoms with van der Waals surface area (Å²) in [5.74, 6) is 2.63. The van der Waals surface area contributed by atoms with Crippen LogP contribution in [0.1, 0.15) is 25.2 Å². The van der Waals surface area contributed by atoms with Gasteiger partial charge in [-0.1, -0.05) is 13.8 Å². The average molecular weight is 427 g/mol. The average Bonchev–Trinajstić information content (AvgIpc) is 2.81. The molecule has 0 spiro atoms. The van der Waals surface area contributed by atoms with Crippen LogP contribution in [0.4, 0.5) is 11.6 Å². The van der Waals surface area contributed by atoms with E-state index in [0.717, 1.165) is 88.2 Å². The van der Waals surface area contributed by atoms with Gasteiger partial charge in [0.2, 0.25) is 0 Å². The fourth-order valence-corrected chi connectivity index (χ4v) is 3.83. The number of anilines is 2. The second-order valence-electron chi connectivity index (χ2n) is 8.37. The second-order valence-corrected chi connectivity index (χ2v) is 8.37. The molecule has 0 unspecified atom stereocenters. The number of aromatic nitrogens is 4. The minimum Gasteiger partial charge on any atom is -0.413 e. The molecule has 2 aromatic heterocycles. The van der Waals surface area contributed by atoms with Gasteiger partial charge in [-0.2, -0.15) is 0 Å². The van der Waals surface area contributed by atoms with Crippen molar-refractivity contribution in [2.75, 3.05) is 76.3 Å². The monoisotopic (exact) mass is 426 g/mol. The molecule has 168 valence electrons. The highest BCUT2D eigenvalue weighted by atomic mass is 16.5. The first kappa shape index (κ1) is 21.7. The van der Waals surface area contributed by atoms with E-state index in [1.807, 2.05) is 0 Å². The van der Waals surface area contributed by atoms with Crippen LogP contribution in [-0.4, -0.2) is 96.2 Å². The minimum absolute atomic E-state index is 0.510. The SMILES string of the molecule is CCc1cnc(Oc2ncc(CC)nc2N2CCN(C)CC2)c(N2CCN(C)CC2)n1. The predicted molar refractivity (Wildman–Crippen MR) is 122 cm³/mol. The van der Waals surface area contributed by atoms with Crippen LogP contribution in [-0.2, 0) is 12.8 Å². The molecule has 0 amide bonds. The highest BCUT2D eigenvalue weighted by Gasteiger charge is 2.25. The summed E-state index contributed by atoms with van der Waals surface area (Å²) < 4.78 is 6.34. The van der Waals surface area contributed by atoms with Gasteiger partial charge < -0.3 is 24.3 Å². The maximum absolute atomic E-state index is 6.34. The largest absolute Gasteiger partial charge is 0.413 e. The third-order valence-electron chi connectivity index (χ3n) is 6.07. The molecule has 0 bridgehead atoms. The Morgan fingerprint density at radius 3 is 1.42 bits per heavy atom. The number of piperazine rings is 2. The van der Waals surface area contributed by atoms with E-state index in [-0.39, 0.29) is 0 Å². The standard InChI is InChI=1S/C22H34N8O/c1-5-17-15-23-21(19(25-17)29-11-7-27(3)8-12-29)31-22-20(26-18(6-2)16-24-22)30-13-9-28(4)10-14-30/h15-16H,5-14H2,1-4H3. The lowest BCUT2D eigenvalue weighted by Crippen LogP contribution is -2.45. The first-order chi connectivity index (χ1) is 15.1. The maximum atomic E-state index is 6.34. The van der Waals surface area contributed by atoms with Crippen molar-refractivity contribution >= 4 is 11.6 Å². The zero-order valence-corrected chi connectivity index (χ0v) is 19.2. The molecule has 0 aliphatic carbocycles. The van der Waals surface area contributed by atoms with Gasteiger partial charge in [0.15, 0.2) is 11.6 Å². The van der Waals surface area contributed by atoms with E-state index in [4.69, 9.17) is 14.7 Å². The van der Waals surface area contributed by atoms with Gasteiger partial charge in [-0.3, -0.25) is 0 Å². The maximum Gasteiger partial charge on any atom is 0.264 e. The minimum atomic E-state index is 0.510. The molecule has 0 N–H and O–H groups in total. The molecule has 2 aliphatic heterocycles. The van der Waals surface area contributed by atoms with E-state index in [0.29, 0.717) is 11.8 Å². The van der Waals surface area contributed by atoms with Crippen molar-refractivity contribution in [2.24, 2.45) is 0 Å². The summed E-state index contributed by atoms with van der Waals surface area (Å²) in [5.41, 5.74) is 1.93. The van der Waals surface area contributed by atoms with E-state index in [1.54, 1.807) is 12.4 Å². The molecule has 4 rings (SSSR count). The summed E-state index contributed by atoms with van der Waals surface area (Å²) in [6.07, 6.45) is 5.29. The number of aryl methyl sites for hydroxylation is 2. The second kappa shape index (κ2) is 9.74. The van der Waals surface area contributed by atoms with E-state index in [2.05, 4.69) is 57.5 Å². The van der Waals surface area contributed by atoms with Crippen molar-refractivity contribution in [1.29, 1.82) is 0 Å². The van der Waals surface area contributed by atoms with Gasteiger partial charge in [0, 0.05) is 52.4 Å². The van der Waals surface area contributed by atoms with Crippen LogP contribution in [0.15, 0.2) is 12.4 Å². The number of ether oxygens (including phenoxy) is 1. The first-order valence-corrected chi connectivity index (χ1v) is 11.3. The van der Waals surface area contributed by atoms with Crippen LogP contribution in [0.25, 0.3) is 0 Å². The summed E-state index contributed by atoms with van der Waals surface area (Å²) in [7, 11) is 4.30. The Labute approximate surface area is 185 Å². The molecule has 9 nitrogen and oxygen atoms in total. The van der Waals surface area contributed by atoms with Crippen LogP contribution < -0.4 is 14.5 Å². The van der Waals surface area contributed by atoms with Gasteiger partial charge in [-0.15, -0.1) is 0 Å². The lowest BCUT2D eigenvalue weighted by Gasteiger charge is -2.34. The van der Waals surface area contributed by atoms with E-state index in [1.165, 1.54) is 0 Å². The number of nitrogens with zero attached hydrogens (tertiary/aromatic N) is 8. The molecule has 9 heteroatoms. The number of rotatable bonds is 6. The number of likely N-dealkylation sites (N-methyl/N-ethyl adjacent to an activating group) is 2. The van der Waals surface area contributed by atoms with Gasteiger partial charge >= 0.3 is 0 Å². The molecular weight excluding hydrogens is 392 g/mol. The number of hydrogen-bond acceptors (Lipinski definition) is 9. The van der Waals surface area contributed by atoms with Crippen LogP contribution >= 0.6 is 0 Å². The number of hydrogen-bond donors (Lipinski definition) is 0. The van der Waals surface area contributed by atoms with Crippen LogP contribution in [0.2, 0.25) is 0 Å². The third-order valence-corrected chi connectivity index (χ3v) is 6.07. The van der Waals surface area contributed by atoms with Gasteiger partial charge in [0.1, 0.15) is 0 Å². The summed E-state index contributed by atoms with van der Waals surface area (Å²) in [6, 6.07) is 0. The van der Waals surface area contributed by atoms with Crippen molar-refractivity contribution in [1.82, 2.24) is 29.7 Å². The van der Waals surface area contributed by atoms with E-state index < -0.39 is 0 Å². The summed E-state index contributed by atoms with van der Waals surface area (Å²) >= 11 is 0. The highest BCUT2D eigenvalue weighted by molar-refractivity contribution is 5.55. The smallest absolute Gasteiger partial charge is 0.264 e. The molecule has 2 fully saturated rings. The van der Waals surface area contributed by atoms with Gasteiger partial charge in [0.05, 0.1) is 23.8 Å². The molecular formula is C22H34N8O. The van der Waals surface area contributed by atoms with Crippen LogP contribution in [0.3, 0.4) is 0 Å². The van der Waals surface area contributed by atoms with Crippen molar-refractivity contribution in [3.8, 4) is 11.8 Å². The molecule has 2 saturated heterocycles. The zero-order chi connectivity index (χ0) is 21.8. The molecule has 31 heavy (non-hydrogen) atoms. The van der Waals surface area contributed by atoms with Gasteiger partial charge in [0.25, 0.3) is 11.8 Å². The molecule has 0 aromatic carbocycles. The Hall–Kier alpha value is -2.52. The molecule has 4 heterocycles. The molecule has 0 saturated carbocycles. The van der Waals surface area contributed by atoms with Gasteiger partial charge in [-0.05, 0) is 26.9 Å². The molecule has 0 atom stereocenters.